The van der Waals surface area contributed by atoms with Gasteiger partial charge in [-0.2, -0.15) is 0 Å². The molecule has 1 unspecified atom stereocenters. The van der Waals surface area contributed by atoms with Crippen molar-refractivity contribution in [1.29, 1.82) is 0 Å². The van der Waals surface area contributed by atoms with Crippen LogP contribution in [0.2, 0.25) is 0 Å². The summed E-state index contributed by atoms with van der Waals surface area (Å²) in [5.41, 5.74) is 5.35. The molecule has 198 valence electrons. The maximum Gasteiger partial charge on any atom is 0.326 e. The number of hydrogen-bond donors (Lipinski definition) is 2. The summed E-state index contributed by atoms with van der Waals surface area (Å²) >= 11 is 0. The summed E-state index contributed by atoms with van der Waals surface area (Å²) in [6, 6.07) is -0.263. The number of carbonyl (C=O) groups excluding carboxylic acids is 2. The molecule has 1 saturated heterocycles. The number of hydrogen-bond acceptors (Lipinski definition) is 3. The summed E-state index contributed by atoms with van der Waals surface area (Å²) in [4.78, 5) is 28.1. The van der Waals surface area contributed by atoms with E-state index in [1.165, 1.54) is 81.9 Å². The molecule has 1 saturated carbocycles. The highest BCUT2D eigenvalue weighted by Gasteiger charge is 2.58. The standard InChI is InChI=1S/C29H55N3O2/c1-4-6-8-10-12-14-16-18-23-29(30,24-19-17-15-13-11-9-7-5-2)32-26(33)28(3,31-27(32)34)25-21-20-22-25/h25H,4-24,30H2,1-3H3,(H,31,34). The van der Waals surface area contributed by atoms with E-state index in [9.17, 15) is 9.59 Å². The predicted molar refractivity (Wildman–Crippen MR) is 142 cm³/mol. The zero-order valence-electron chi connectivity index (χ0n) is 22.8. The molecule has 0 spiro atoms. The molecule has 1 aliphatic heterocycles. The summed E-state index contributed by atoms with van der Waals surface area (Å²) in [5, 5.41) is 3.06. The Morgan fingerprint density at radius 1 is 0.794 bits per heavy atom. The summed E-state index contributed by atoms with van der Waals surface area (Å²) in [6.45, 7) is 6.42. The molecule has 1 heterocycles. The Labute approximate surface area is 210 Å². The quantitative estimate of drug-likeness (QED) is 0.139. The van der Waals surface area contributed by atoms with Crippen LogP contribution < -0.4 is 11.1 Å². The smallest absolute Gasteiger partial charge is 0.323 e. The van der Waals surface area contributed by atoms with Gasteiger partial charge in [0.25, 0.3) is 5.91 Å². The molecule has 2 aliphatic rings. The van der Waals surface area contributed by atoms with E-state index in [2.05, 4.69) is 19.2 Å². The van der Waals surface area contributed by atoms with Gasteiger partial charge in [0.05, 0.1) is 0 Å². The first-order valence-corrected chi connectivity index (χ1v) is 14.8. The zero-order chi connectivity index (χ0) is 24.9. The number of unbranched alkanes of at least 4 members (excludes halogenated alkanes) is 14. The van der Waals surface area contributed by atoms with Gasteiger partial charge in [0.1, 0.15) is 11.2 Å². The molecule has 5 heteroatoms. The molecule has 3 amide bonds. The summed E-state index contributed by atoms with van der Waals surface area (Å²) in [7, 11) is 0. The lowest BCUT2D eigenvalue weighted by atomic mass is 9.71. The first-order valence-electron chi connectivity index (χ1n) is 14.8. The molecule has 0 aromatic rings. The van der Waals surface area contributed by atoms with Crippen molar-refractivity contribution >= 4 is 11.9 Å². The van der Waals surface area contributed by atoms with E-state index < -0.39 is 11.2 Å². The molecule has 0 radical (unpaired) electrons. The molecule has 2 rings (SSSR count). The topological polar surface area (TPSA) is 75.4 Å². The molecule has 2 fully saturated rings. The predicted octanol–water partition coefficient (Wildman–Crippen LogP) is 7.81. The second kappa shape index (κ2) is 15.1. The molecular formula is C29H55N3O2. The average Bonchev–Trinajstić information content (AvgIpc) is 2.99. The van der Waals surface area contributed by atoms with Crippen molar-refractivity contribution < 1.29 is 9.59 Å². The third kappa shape index (κ3) is 8.24. The first kappa shape index (κ1) is 29.1. The minimum absolute atomic E-state index is 0.0798. The van der Waals surface area contributed by atoms with Crippen molar-refractivity contribution in [2.45, 2.75) is 167 Å². The lowest BCUT2D eigenvalue weighted by Crippen LogP contribution is -2.60. The molecule has 5 nitrogen and oxygen atoms in total. The number of nitrogens with zero attached hydrogens (tertiary/aromatic N) is 1. The number of nitrogens with one attached hydrogen (secondary N) is 1. The van der Waals surface area contributed by atoms with Crippen LogP contribution >= 0.6 is 0 Å². The Morgan fingerprint density at radius 2 is 1.21 bits per heavy atom. The number of imide groups is 1. The molecule has 3 N–H and O–H groups in total. The third-order valence-electron chi connectivity index (χ3n) is 8.51. The number of nitrogens with two attached hydrogens (primary N) is 1. The van der Waals surface area contributed by atoms with E-state index in [1.54, 1.807) is 0 Å². The van der Waals surface area contributed by atoms with Crippen LogP contribution in [0.1, 0.15) is 156 Å². The first-order chi connectivity index (χ1) is 16.4. The number of carbonyl (C=O) groups is 2. The van der Waals surface area contributed by atoms with E-state index in [4.69, 9.17) is 5.73 Å². The highest BCUT2D eigenvalue weighted by molar-refractivity contribution is 6.07. The van der Waals surface area contributed by atoms with Gasteiger partial charge in [0, 0.05) is 0 Å². The van der Waals surface area contributed by atoms with E-state index in [-0.39, 0.29) is 17.9 Å². The van der Waals surface area contributed by atoms with Crippen molar-refractivity contribution in [3.63, 3.8) is 0 Å². The largest absolute Gasteiger partial charge is 0.326 e. The van der Waals surface area contributed by atoms with Crippen LogP contribution in [0, 0.1) is 5.92 Å². The van der Waals surface area contributed by atoms with Gasteiger partial charge in [-0.25, -0.2) is 9.69 Å². The molecule has 0 bridgehead atoms. The van der Waals surface area contributed by atoms with Crippen LogP contribution in [-0.4, -0.2) is 28.0 Å². The number of rotatable bonds is 20. The Balaban J connectivity index is 1.89. The molecule has 0 aromatic carbocycles. The highest BCUT2D eigenvalue weighted by Crippen LogP contribution is 2.41. The second-order valence-corrected chi connectivity index (χ2v) is 11.5. The van der Waals surface area contributed by atoms with Crippen LogP contribution in [0.15, 0.2) is 0 Å². The Hall–Kier alpha value is -1.10. The van der Waals surface area contributed by atoms with Crippen LogP contribution in [0.5, 0.6) is 0 Å². The van der Waals surface area contributed by atoms with Gasteiger partial charge in [-0.15, -0.1) is 0 Å². The lowest BCUT2D eigenvalue weighted by molar-refractivity contribution is -0.138. The van der Waals surface area contributed by atoms with Crippen LogP contribution in [0.3, 0.4) is 0 Å². The Bertz CT molecular complexity index is 584. The maximum absolute atomic E-state index is 13.6. The summed E-state index contributed by atoms with van der Waals surface area (Å²) in [6.07, 6.45) is 24.3. The molecule has 34 heavy (non-hydrogen) atoms. The van der Waals surface area contributed by atoms with Gasteiger partial charge >= 0.3 is 6.03 Å². The normalized spacial score (nSPS) is 21.2. The van der Waals surface area contributed by atoms with E-state index >= 15 is 0 Å². The SMILES string of the molecule is CCCCCCCCCCC(N)(CCCCCCCCCC)N1C(=O)NC(C)(C2CCC2)C1=O. The number of amides is 3. The molecule has 1 aliphatic carbocycles. The fourth-order valence-electron chi connectivity index (χ4n) is 5.80. The van der Waals surface area contributed by atoms with Crippen molar-refractivity contribution in [3.8, 4) is 0 Å². The average molecular weight is 478 g/mol. The molecule has 1 atom stereocenters. The molecule has 0 aromatic heterocycles. The minimum atomic E-state index is -0.854. The van der Waals surface area contributed by atoms with E-state index in [1.807, 2.05) is 6.92 Å². The molecular weight excluding hydrogens is 422 g/mol. The van der Waals surface area contributed by atoms with Crippen LogP contribution in [0.25, 0.3) is 0 Å². The monoisotopic (exact) mass is 477 g/mol. The van der Waals surface area contributed by atoms with Gasteiger partial charge in [0.2, 0.25) is 0 Å². The van der Waals surface area contributed by atoms with Crippen molar-refractivity contribution in [3.05, 3.63) is 0 Å². The van der Waals surface area contributed by atoms with Gasteiger partial charge in [-0.3, -0.25) is 4.79 Å². The van der Waals surface area contributed by atoms with Gasteiger partial charge in [-0.05, 0) is 51.4 Å². The van der Waals surface area contributed by atoms with E-state index in [0.29, 0.717) is 0 Å². The summed E-state index contributed by atoms with van der Waals surface area (Å²) < 4.78 is 0. The second-order valence-electron chi connectivity index (χ2n) is 11.5. The van der Waals surface area contributed by atoms with E-state index in [0.717, 1.165) is 57.8 Å². The van der Waals surface area contributed by atoms with Gasteiger partial charge < -0.3 is 11.1 Å². The van der Waals surface area contributed by atoms with Gasteiger partial charge in [-0.1, -0.05) is 110 Å². The van der Waals surface area contributed by atoms with Gasteiger partial charge in [0.15, 0.2) is 0 Å². The number of urea groups is 1. The van der Waals surface area contributed by atoms with Crippen molar-refractivity contribution in [1.82, 2.24) is 10.2 Å². The highest BCUT2D eigenvalue weighted by atomic mass is 16.2. The lowest BCUT2D eigenvalue weighted by Gasteiger charge is -2.40. The third-order valence-corrected chi connectivity index (χ3v) is 8.51. The van der Waals surface area contributed by atoms with Crippen molar-refractivity contribution in [2.75, 3.05) is 0 Å². The fourth-order valence-corrected chi connectivity index (χ4v) is 5.80. The summed E-state index contributed by atoms with van der Waals surface area (Å²) in [5.74, 6) is 0.174. The van der Waals surface area contributed by atoms with Crippen LogP contribution in [-0.2, 0) is 4.79 Å². The minimum Gasteiger partial charge on any atom is -0.323 e. The zero-order valence-corrected chi connectivity index (χ0v) is 22.8. The van der Waals surface area contributed by atoms with Crippen LogP contribution in [0.4, 0.5) is 4.79 Å². The Kier molecular flexibility index (Phi) is 12.9. The Morgan fingerprint density at radius 3 is 1.59 bits per heavy atom. The van der Waals surface area contributed by atoms with Crippen molar-refractivity contribution in [2.24, 2.45) is 11.7 Å². The fraction of sp³-hybridized carbons (Fsp3) is 0.931. The maximum atomic E-state index is 13.6.